The van der Waals surface area contributed by atoms with Crippen molar-refractivity contribution in [1.29, 1.82) is 0 Å². The molecule has 1 aromatic rings. The molecule has 0 aliphatic carbocycles. The molecule has 20 heavy (non-hydrogen) atoms. The number of hydrogen-bond donors (Lipinski definition) is 0. The lowest BCUT2D eigenvalue weighted by Gasteiger charge is -2.18. The summed E-state index contributed by atoms with van der Waals surface area (Å²) < 4.78 is 11.5. The monoisotopic (exact) mass is 342 g/mol. The Kier molecular flexibility index (Phi) is 7.30. The van der Waals surface area contributed by atoms with E-state index in [1.165, 1.54) is 0 Å². The molecule has 1 unspecified atom stereocenters. The number of rotatable bonds is 8. The molecule has 0 aromatic heterocycles. The van der Waals surface area contributed by atoms with Crippen molar-refractivity contribution in [3.8, 4) is 5.75 Å². The molecule has 0 saturated heterocycles. The Bertz CT molecular complexity index is 459. The highest BCUT2D eigenvalue weighted by atomic mass is 79.9. The maximum absolute atomic E-state index is 11.9. The summed E-state index contributed by atoms with van der Waals surface area (Å²) >= 11 is 3.29. The van der Waals surface area contributed by atoms with E-state index >= 15 is 0 Å². The summed E-state index contributed by atoms with van der Waals surface area (Å²) in [5.41, 5.74) is 0.408. The maximum atomic E-state index is 11.9. The van der Waals surface area contributed by atoms with Gasteiger partial charge in [-0.1, -0.05) is 29.3 Å². The number of carbonyl (C=O) groups excluding carboxylic acids is 2. The third-order valence-corrected chi connectivity index (χ3v) is 3.23. The predicted molar refractivity (Wildman–Crippen MR) is 80.1 cm³/mol. The van der Waals surface area contributed by atoms with Gasteiger partial charge in [0.15, 0.2) is 12.4 Å². The molecular formula is C15H19BrO4. The Morgan fingerprint density at radius 1 is 1.40 bits per heavy atom. The Hall–Kier alpha value is -1.36. The Morgan fingerprint density at radius 3 is 2.75 bits per heavy atom. The SMILES string of the molecule is CCCCC(Oc1ccc(Br)cc1C=O)C(=O)OCC. The first-order valence-electron chi connectivity index (χ1n) is 6.70. The van der Waals surface area contributed by atoms with Gasteiger partial charge in [-0.15, -0.1) is 0 Å². The van der Waals surface area contributed by atoms with E-state index in [2.05, 4.69) is 15.9 Å². The fourth-order valence-corrected chi connectivity index (χ4v) is 2.10. The molecule has 0 bridgehead atoms. The minimum Gasteiger partial charge on any atom is -0.478 e. The van der Waals surface area contributed by atoms with Crippen molar-refractivity contribution < 1.29 is 19.1 Å². The van der Waals surface area contributed by atoms with Gasteiger partial charge in [0.25, 0.3) is 0 Å². The van der Waals surface area contributed by atoms with Gasteiger partial charge >= 0.3 is 5.97 Å². The van der Waals surface area contributed by atoms with Gasteiger partial charge in [0, 0.05) is 4.47 Å². The lowest BCUT2D eigenvalue weighted by molar-refractivity contribution is -0.151. The van der Waals surface area contributed by atoms with E-state index in [0.29, 0.717) is 30.6 Å². The number of ether oxygens (including phenoxy) is 2. The van der Waals surface area contributed by atoms with Crippen molar-refractivity contribution in [3.63, 3.8) is 0 Å². The van der Waals surface area contributed by atoms with E-state index in [1.807, 2.05) is 6.92 Å². The molecule has 0 spiro atoms. The normalized spacial score (nSPS) is 11.8. The summed E-state index contributed by atoms with van der Waals surface area (Å²) in [4.78, 5) is 22.9. The zero-order chi connectivity index (χ0) is 15.0. The highest BCUT2D eigenvalue weighted by molar-refractivity contribution is 9.10. The van der Waals surface area contributed by atoms with Crippen LogP contribution in [0.3, 0.4) is 0 Å². The first-order chi connectivity index (χ1) is 9.62. The molecule has 0 N–H and O–H groups in total. The van der Waals surface area contributed by atoms with Crippen molar-refractivity contribution >= 4 is 28.2 Å². The van der Waals surface area contributed by atoms with E-state index in [1.54, 1.807) is 25.1 Å². The smallest absolute Gasteiger partial charge is 0.347 e. The van der Waals surface area contributed by atoms with Gasteiger partial charge in [-0.3, -0.25) is 4.79 Å². The van der Waals surface area contributed by atoms with Crippen molar-refractivity contribution in [3.05, 3.63) is 28.2 Å². The second-order valence-corrected chi connectivity index (χ2v) is 5.22. The van der Waals surface area contributed by atoms with Crippen LogP contribution in [0.15, 0.2) is 22.7 Å². The van der Waals surface area contributed by atoms with Gasteiger partial charge in [0.05, 0.1) is 12.2 Å². The van der Waals surface area contributed by atoms with Crippen LogP contribution >= 0.6 is 15.9 Å². The highest BCUT2D eigenvalue weighted by Crippen LogP contribution is 2.24. The maximum Gasteiger partial charge on any atom is 0.347 e. The van der Waals surface area contributed by atoms with Crippen LogP contribution in [-0.4, -0.2) is 25.0 Å². The van der Waals surface area contributed by atoms with E-state index in [4.69, 9.17) is 9.47 Å². The second-order valence-electron chi connectivity index (χ2n) is 4.30. The fourth-order valence-electron chi connectivity index (χ4n) is 1.72. The van der Waals surface area contributed by atoms with Gasteiger partial charge in [0.2, 0.25) is 0 Å². The Balaban J connectivity index is 2.88. The summed E-state index contributed by atoms with van der Waals surface area (Å²) in [6, 6.07) is 5.10. The van der Waals surface area contributed by atoms with Crippen molar-refractivity contribution in [1.82, 2.24) is 0 Å². The quantitative estimate of drug-likeness (QED) is 0.533. The molecule has 1 rings (SSSR count). The standard InChI is InChI=1S/C15H19BrO4/c1-3-5-6-14(15(18)19-4-2)20-13-8-7-12(16)9-11(13)10-17/h7-10,14H,3-6H2,1-2H3. The molecule has 110 valence electrons. The van der Waals surface area contributed by atoms with Gasteiger partial charge < -0.3 is 9.47 Å². The van der Waals surface area contributed by atoms with Gasteiger partial charge in [0.1, 0.15) is 5.75 Å². The second kappa shape index (κ2) is 8.74. The molecule has 5 heteroatoms. The summed E-state index contributed by atoms with van der Waals surface area (Å²) in [6.45, 7) is 4.11. The number of halogens is 1. The molecule has 1 aromatic carbocycles. The summed E-state index contributed by atoms with van der Waals surface area (Å²) in [5, 5.41) is 0. The van der Waals surface area contributed by atoms with Crippen LogP contribution in [0.2, 0.25) is 0 Å². The fraction of sp³-hybridized carbons (Fsp3) is 0.467. The number of carbonyl (C=O) groups is 2. The molecule has 0 aliphatic heterocycles. The average molecular weight is 343 g/mol. The number of unbranched alkanes of at least 4 members (excludes halogenated alkanes) is 1. The molecule has 4 nitrogen and oxygen atoms in total. The van der Waals surface area contributed by atoms with Crippen molar-refractivity contribution in [2.24, 2.45) is 0 Å². The lowest BCUT2D eigenvalue weighted by Crippen LogP contribution is -2.29. The van der Waals surface area contributed by atoms with Crippen LogP contribution in [0.4, 0.5) is 0 Å². The van der Waals surface area contributed by atoms with Crippen LogP contribution in [0.25, 0.3) is 0 Å². The molecule has 0 aliphatic rings. The topological polar surface area (TPSA) is 52.6 Å². The van der Waals surface area contributed by atoms with Crippen molar-refractivity contribution in [2.75, 3.05) is 6.61 Å². The van der Waals surface area contributed by atoms with E-state index in [0.717, 1.165) is 17.3 Å². The third-order valence-electron chi connectivity index (χ3n) is 2.74. The highest BCUT2D eigenvalue weighted by Gasteiger charge is 2.22. The summed E-state index contributed by atoms with van der Waals surface area (Å²) in [5.74, 6) is 0.0121. The van der Waals surface area contributed by atoms with Crippen molar-refractivity contribution in [2.45, 2.75) is 39.2 Å². The van der Waals surface area contributed by atoms with Crippen LogP contribution in [0.1, 0.15) is 43.5 Å². The number of esters is 1. The first-order valence-corrected chi connectivity index (χ1v) is 7.49. The molecule has 0 saturated carbocycles. The van der Waals surface area contributed by atoms with Crippen LogP contribution in [-0.2, 0) is 9.53 Å². The number of benzene rings is 1. The zero-order valence-corrected chi connectivity index (χ0v) is 13.3. The summed E-state index contributed by atoms with van der Waals surface area (Å²) in [6.07, 6.45) is 2.43. The molecule has 0 radical (unpaired) electrons. The number of aldehydes is 1. The summed E-state index contributed by atoms with van der Waals surface area (Å²) in [7, 11) is 0. The molecule has 0 heterocycles. The largest absolute Gasteiger partial charge is 0.478 e. The van der Waals surface area contributed by atoms with Gasteiger partial charge in [-0.05, 0) is 38.0 Å². The minimum absolute atomic E-state index is 0.311. The minimum atomic E-state index is -0.672. The van der Waals surface area contributed by atoms with Crippen LogP contribution < -0.4 is 4.74 Å². The average Bonchev–Trinajstić information content (AvgIpc) is 2.44. The lowest BCUT2D eigenvalue weighted by atomic mass is 10.1. The van der Waals surface area contributed by atoms with Gasteiger partial charge in [-0.2, -0.15) is 0 Å². The van der Waals surface area contributed by atoms with Crippen LogP contribution in [0.5, 0.6) is 5.75 Å². The third kappa shape index (κ3) is 4.96. The van der Waals surface area contributed by atoms with Crippen LogP contribution in [0, 0.1) is 0 Å². The molecular weight excluding hydrogens is 324 g/mol. The molecule has 0 fully saturated rings. The van der Waals surface area contributed by atoms with Gasteiger partial charge in [-0.25, -0.2) is 4.79 Å². The predicted octanol–water partition coefficient (Wildman–Crippen LogP) is 3.76. The first kappa shape index (κ1) is 16.7. The molecule has 0 amide bonds. The molecule has 1 atom stereocenters. The Morgan fingerprint density at radius 2 is 2.15 bits per heavy atom. The zero-order valence-electron chi connectivity index (χ0n) is 11.7. The van der Waals surface area contributed by atoms with E-state index in [-0.39, 0.29) is 5.97 Å². The number of hydrogen-bond acceptors (Lipinski definition) is 4. The van der Waals surface area contributed by atoms with E-state index < -0.39 is 6.10 Å². The Labute approximate surface area is 127 Å². The van der Waals surface area contributed by atoms with E-state index in [9.17, 15) is 9.59 Å².